The standard InChI is InChI=1S/C14H16N2O3S/c17-12-4-3-9(6-13(12)18)11-8-20-14(16-11)15-7-10-2-1-5-19-10/h3-4,6,8,10,17-18H,1-2,5,7H2,(H,15,16)/t10-/m1/s1. The van der Waals surface area contributed by atoms with Gasteiger partial charge in [-0.1, -0.05) is 0 Å². The van der Waals surface area contributed by atoms with E-state index in [-0.39, 0.29) is 17.6 Å². The smallest absolute Gasteiger partial charge is 0.183 e. The van der Waals surface area contributed by atoms with Crippen molar-refractivity contribution in [3.05, 3.63) is 23.6 Å². The lowest BCUT2D eigenvalue weighted by molar-refractivity contribution is 0.120. The molecule has 2 aromatic rings. The molecule has 0 radical (unpaired) electrons. The average molecular weight is 292 g/mol. The van der Waals surface area contributed by atoms with Gasteiger partial charge in [0, 0.05) is 24.1 Å². The summed E-state index contributed by atoms with van der Waals surface area (Å²) >= 11 is 1.52. The van der Waals surface area contributed by atoms with Crippen LogP contribution >= 0.6 is 11.3 Å². The van der Waals surface area contributed by atoms with Crippen molar-refractivity contribution in [2.24, 2.45) is 0 Å². The fraction of sp³-hybridized carbons (Fsp3) is 0.357. The Hall–Kier alpha value is -1.79. The van der Waals surface area contributed by atoms with Crippen LogP contribution in [0.2, 0.25) is 0 Å². The number of ether oxygens (including phenoxy) is 1. The fourth-order valence-corrected chi connectivity index (χ4v) is 2.91. The molecule has 20 heavy (non-hydrogen) atoms. The van der Waals surface area contributed by atoms with Gasteiger partial charge in [-0.2, -0.15) is 0 Å². The first-order chi connectivity index (χ1) is 9.72. The Bertz CT molecular complexity index is 594. The number of hydrogen-bond acceptors (Lipinski definition) is 6. The fourth-order valence-electron chi connectivity index (χ4n) is 2.18. The molecule has 1 aliphatic heterocycles. The molecular weight excluding hydrogens is 276 g/mol. The van der Waals surface area contributed by atoms with Crippen molar-refractivity contribution in [2.45, 2.75) is 18.9 Å². The summed E-state index contributed by atoms with van der Waals surface area (Å²) in [6.07, 6.45) is 2.50. The van der Waals surface area contributed by atoms with Gasteiger partial charge in [-0.3, -0.25) is 0 Å². The first-order valence-corrected chi connectivity index (χ1v) is 7.44. The number of rotatable bonds is 4. The van der Waals surface area contributed by atoms with Crippen molar-refractivity contribution in [1.29, 1.82) is 0 Å². The Morgan fingerprint density at radius 1 is 1.35 bits per heavy atom. The summed E-state index contributed by atoms with van der Waals surface area (Å²) in [5.74, 6) is -0.259. The molecule has 1 atom stereocenters. The van der Waals surface area contributed by atoms with E-state index in [2.05, 4.69) is 10.3 Å². The van der Waals surface area contributed by atoms with Crippen LogP contribution in [-0.2, 0) is 4.74 Å². The highest BCUT2D eigenvalue weighted by molar-refractivity contribution is 7.14. The molecule has 5 nitrogen and oxygen atoms in total. The van der Waals surface area contributed by atoms with Crippen LogP contribution in [0.15, 0.2) is 23.6 Å². The van der Waals surface area contributed by atoms with Crippen molar-refractivity contribution in [3.63, 3.8) is 0 Å². The van der Waals surface area contributed by atoms with Crippen LogP contribution in [0.25, 0.3) is 11.3 Å². The summed E-state index contributed by atoms with van der Waals surface area (Å²) in [6, 6.07) is 4.70. The number of nitrogens with one attached hydrogen (secondary N) is 1. The summed E-state index contributed by atoms with van der Waals surface area (Å²) in [7, 11) is 0. The predicted octanol–water partition coefficient (Wildman–Crippen LogP) is 2.81. The van der Waals surface area contributed by atoms with Crippen molar-refractivity contribution in [1.82, 2.24) is 4.98 Å². The maximum Gasteiger partial charge on any atom is 0.183 e. The van der Waals surface area contributed by atoms with Crippen molar-refractivity contribution >= 4 is 16.5 Å². The molecule has 0 amide bonds. The van der Waals surface area contributed by atoms with Gasteiger partial charge in [-0.15, -0.1) is 11.3 Å². The third-order valence-electron chi connectivity index (χ3n) is 3.28. The molecule has 1 aliphatic rings. The first kappa shape index (κ1) is 13.2. The molecule has 2 heterocycles. The second-order valence-electron chi connectivity index (χ2n) is 4.76. The molecule has 106 valence electrons. The zero-order valence-electron chi connectivity index (χ0n) is 10.9. The number of aromatic hydroxyl groups is 2. The quantitative estimate of drug-likeness (QED) is 0.756. The predicted molar refractivity (Wildman–Crippen MR) is 78.3 cm³/mol. The van der Waals surface area contributed by atoms with E-state index in [4.69, 9.17) is 4.74 Å². The average Bonchev–Trinajstić information content (AvgIpc) is 3.10. The second kappa shape index (κ2) is 5.68. The van der Waals surface area contributed by atoms with Crippen molar-refractivity contribution in [3.8, 4) is 22.8 Å². The van der Waals surface area contributed by atoms with Crippen LogP contribution in [-0.4, -0.2) is 34.5 Å². The first-order valence-electron chi connectivity index (χ1n) is 6.56. The zero-order chi connectivity index (χ0) is 13.9. The van der Waals surface area contributed by atoms with E-state index in [0.717, 1.165) is 42.4 Å². The second-order valence-corrected chi connectivity index (χ2v) is 5.62. The molecule has 0 spiro atoms. The van der Waals surface area contributed by atoms with Gasteiger partial charge >= 0.3 is 0 Å². The highest BCUT2D eigenvalue weighted by Crippen LogP contribution is 2.32. The Balaban J connectivity index is 1.67. The Morgan fingerprint density at radius 3 is 3.00 bits per heavy atom. The van der Waals surface area contributed by atoms with Crippen LogP contribution in [0.1, 0.15) is 12.8 Å². The maximum absolute atomic E-state index is 9.51. The molecule has 0 unspecified atom stereocenters. The number of benzene rings is 1. The van der Waals surface area contributed by atoms with Crippen LogP contribution in [0.4, 0.5) is 5.13 Å². The molecular formula is C14H16N2O3S. The lowest BCUT2D eigenvalue weighted by Crippen LogP contribution is -2.18. The summed E-state index contributed by atoms with van der Waals surface area (Å²) < 4.78 is 5.55. The van der Waals surface area contributed by atoms with Gasteiger partial charge in [0.05, 0.1) is 11.8 Å². The number of anilines is 1. The number of hydrogen-bond donors (Lipinski definition) is 3. The molecule has 1 saturated heterocycles. The normalized spacial score (nSPS) is 18.3. The van der Waals surface area contributed by atoms with E-state index >= 15 is 0 Å². The third-order valence-corrected chi connectivity index (χ3v) is 4.08. The molecule has 1 aromatic heterocycles. The van der Waals surface area contributed by atoms with E-state index in [0.29, 0.717) is 0 Å². The summed E-state index contributed by atoms with van der Waals surface area (Å²) in [5.41, 5.74) is 1.56. The molecule has 0 saturated carbocycles. The monoisotopic (exact) mass is 292 g/mol. The minimum Gasteiger partial charge on any atom is -0.504 e. The molecule has 3 N–H and O–H groups in total. The van der Waals surface area contributed by atoms with E-state index in [1.54, 1.807) is 6.07 Å². The largest absolute Gasteiger partial charge is 0.504 e. The lowest BCUT2D eigenvalue weighted by Gasteiger charge is -2.09. The number of nitrogens with zero attached hydrogens (tertiary/aromatic N) is 1. The van der Waals surface area contributed by atoms with Gasteiger partial charge in [0.1, 0.15) is 0 Å². The summed E-state index contributed by atoms with van der Waals surface area (Å²) in [4.78, 5) is 4.47. The highest BCUT2D eigenvalue weighted by Gasteiger charge is 2.15. The van der Waals surface area contributed by atoms with Gasteiger partial charge in [-0.05, 0) is 31.0 Å². The van der Waals surface area contributed by atoms with Gasteiger partial charge in [0.2, 0.25) is 0 Å². The topological polar surface area (TPSA) is 74.6 Å². The minimum absolute atomic E-state index is 0.124. The van der Waals surface area contributed by atoms with Gasteiger partial charge in [0.25, 0.3) is 0 Å². The molecule has 0 aliphatic carbocycles. The number of aromatic nitrogens is 1. The third kappa shape index (κ3) is 2.86. The molecule has 6 heteroatoms. The summed E-state index contributed by atoms with van der Waals surface area (Å²) in [6.45, 7) is 1.62. The van der Waals surface area contributed by atoms with Crippen LogP contribution in [0.3, 0.4) is 0 Å². The SMILES string of the molecule is Oc1ccc(-c2csc(NC[C@H]3CCCO3)n2)cc1O. The number of phenolic OH excluding ortho intramolecular Hbond substituents is 2. The van der Waals surface area contributed by atoms with E-state index in [1.165, 1.54) is 23.5 Å². The van der Waals surface area contributed by atoms with Crippen molar-refractivity contribution in [2.75, 3.05) is 18.5 Å². The van der Waals surface area contributed by atoms with Crippen LogP contribution < -0.4 is 5.32 Å². The summed E-state index contributed by atoms with van der Waals surface area (Å²) in [5, 5.41) is 24.8. The Labute approximate surface area is 120 Å². The van der Waals surface area contributed by atoms with Gasteiger partial charge in [-0.25, -0.2) is 4.98 Å². The molecule has 0 bridgehead atoms. The van der Waals surface area contributed by atoms with Crippen LogP contribution in [0, 0.1) is 0 Å². The van der Waals surface area contributed by atoms with E-state index < -0.39 is 0 Å². The van der Waals surface area contributed by atoms with Gasteiger partial charge < -0.3 is 20.3 Å². The van der Waals surface area contributed by atoms with E-state index in [1.807, 2.05) is 5.38 Å². The maximum atomic E-state index is 9.51. The van der Waals surface area contributed by atoms with Crippen LogP contribution in [0.5, 0.6) is 11.5 Å². The van der Waals surface area contributed by atoms with E-state index in [9.17, 15) is 10.2 Å². The molecule has 1 fully saturated rings. The molecule has 3 rings (SSSR count). The van der Waals surface area contributed by atoms with Gasteiger partial charge in [0.15, 0.2) is 16.6 Å². The highest BCUT2D eigenvalue weighted by atomic mass is 32.1. The number of thiazole rings is 1. The minimum atomic E-state index is -0.135. The Morgan fingerprint density at radius 2 is 2.25 bits per heavy atom. The molecule has 1 aromatic carbocycles. The Kier molecular flexibility index (Phi) is 3.75. The van der Waals surface area contributed by atoms with Crippen molar-refractivity contribution < 1.29 is 14.9 Å². The number of phenols is 2. The zero-order valence-corrected chi connectivity index (χ0v) is 11.7. The lowest BCUT2D eigenvalue weighted by atomic mass is 10.1.